The van der Waals surface area contributed by atoms with Gasteiger partial charge in [-0.25, -0.2) is 4.39 Å². The number of carbonyl (C=O) groups excluding carboxylic acids is 1. The van der Waals surface area contributed by atoms with Crippen LogP contribution < -0.4 is 10.1 Å². The average molecular weight is 281 g/mol. The minimum Gasteiger partial charge on any atom is -0.484 e. The number of carbonyl (C=O) groups is 1. The summed E-state index contributed by atoms with van der Waals surface area (Å²) in [6, 6.07) is 4.45. The SMILES string of the molecule is C[C@@H](O)c1ccc(OCC(=O)NC2CCCC2)cc1F. The van der Waals surface area contributed by atoms with Gasteiger partial charge in [-0.2, -0.15) is 0 Å². The first-order chi connectivity index (χ1) is 9.56. The van der Waals surface area contributed by atoms with Crippen molar-refractivity contribution in [3.8, 4) is 5.75 Å². The van der Waals surface area contributed by atoms with Crippen LogP contribution in [0.1, 0.15) is 44.3 Å². The lowest BCUT2D eigenvalue weighted by atomic mass is 10.1. The average Bonchev–Trinajstić information content (AvgIpc) is 2.89. The molecule has 1 saturated carbocycles. The molecule has 5 heteroatoms. The number of aliphatic hydroxyl groups excluding tert-OH is 1. The molecule has 1 amide bonds. The third kappa shape index (κ3) is 3.93. The molecule has 1 aliphatic carbocycles. The Balaban J connectivity index is 1.84. The van der Waals surface area contributed by atoms with E-state index >= 15 is 0 Å². The smallest absolute Gasteiger partial charge is 0.258 e. The fraction of sp³-hybridized carbons (Fsp3) is 0.533. The van der Waals surface area contributed by atoms with Gasteiger partial charge in [-0.1, -0.05) is 12.8 Å². The summed E-state index contributed by atoms with van der Waals surface area (Å²) in [7, 11) is 0. The molecule has 0 radical (unpaired) electrons. The second-order valence-electron chi connectivity index (χ2n) is 5.20. The summed E-state index contributed by atoms with van der Waals surface area (Å²) >= 11 is 0. The lowest BCUT2D eigenvalue weighted by molar-refractivity contribution is -0.123. The lowest BCUT2D eigenvalue weighted by Crippen LogP contribution is -2.36. The Labute approximate surface area is 117 Å². The van der Waals surface area contributed by atoms with Crippen LogP contribution in [0.4, 0.5) is 4.39 Å². The van der Waals surface area contributed by atoms with E-state index in [1.165, 1.54) is 19.1 Å². The van der Waals surface area contributed by atoms with Gasteiger partial charge in [0.1, 0.15) is 11.6 Å². The van der Waals surface area contributed by atoms with Crippen LogP contribution in [0.3, 0.4) is 0 Å². The minimum absolute atomic E-state index is 0.121. The van der Waals surface area contributed by atoms with Gasteiger partial charge in [0.15, 0.2) is 6.61 Å². The summed E-state index contributed by atoms with van der Waals surface area (Å²) in [5.41, 5.74) is 0.216. The van der Waals surface area contributed by atoms with Crippen LogP contribution in [0, 0.1) is 5.82 Å². The zero-order chi connectivity index (χ0) is 14.5. The van der Waals surface area contributed by atoms with E-state index in [1.807, 2.05) is 0 Å². The highest BCUT2D eigenvalue weighted by molar-refractivity contribution is 5.77. The summed E-state index contributed by atoms with van der Waals surface area (Å²) in [4.78, 5) is 11.7. The largest absolute Gasteiger partial charge is 0.484 e. The van der Waals surface area contributed by atoms with Crippen molar-refractivity contribution in [3.05, 3.63) is 29.6 Å². The second kappa shape index (κ2) is 6.70. The molecule has 0 aromatic heterocycles. The van der Waals surface area contributed by atoms with Gasteiger partial charge in [-0.3, -0.25) is 4.79 Å². The number of ether oxygens (including phenoxy) is 1. The second-order valence-corrected chi connectivity index (χ2v) is 5.20. The Morgan fingerprint density at radius 2 is 2.20 bits per heavy atom. The van der Waals surface area contributed by atoms with E-state index in [0.717, 1.165) is 25.7 Å². The molecular weight excluding hydrogens is 261 g/mol. The van der Waals surface area contributed by atoms with E-state index < -0.39 is 11.9 Å². The quantitative estimate of drug-likeness (QED) is 0.870. The number of benzene rings is 1. The van der Waals surface area contributed by atoms with Crippen LogP contribution in [0.5, 0.6) is 5.75 Å². The molecule has 0 aliphatic heterocycles. The van der Waals surface area contributed by atoms with Crippen molar-refractivity contribution in [1.29, 1.82) is 0 Å². The van der Waals surface area contributed by atoms with Gasteiger partial charge in [0.2, 0.25) is 0 Å². The first-order valence-electron chi connectivity index (χ1n) is 6.96. The van der Waals surface area contributed by atoms with Crippen molar-refractivity contribution in [2.75, 3.05) is 6.61 Å². The fourth-order valence-corrected chi connectivity index (χ4v) is 2.42. The van der Waals surface area contributed by atoms with E-state index in [1.54, 1.807) is 6.07 Å². The van der Waals surface area contributed by atoms with Gasteiger partial charge in [0, 0.05) is 17.7 Å². The van der Waals surface area contributed by atoms with Gasteiger partial charge in [-0.15, -0.1) is 0 Å². The van der Waals surface area contributed by atoms with Crippen LogP contribution in [-0.4, -0.2) is 23.7 Å². The molecule has 2 N–H and O–H groups in total. The predicted molar refractivity (Wildman–Crippen MR) is 72.9 cm³/mol. The molecule has 2 rings (SSSR count). The number of amides is 1. The number of halogens is 1. The summed E-state index contributed by atoms with van der Waals surface area (Å²) in [6.45, 7) is 1.37. The molecule has 0 spiro atoms. The van der Waals surface area contributed by atoms with Gasteiger partial charge in [-0.05, 0) is 31.9 Å². The van der Waals surface area contributed by atoms with Crippen molar-refractivity contribution in [2.45, 2.75) is 44.8 Å². The van der Waals surface area contributed by atoms with Crippen LogP contribution >= 0.6 is 0 Å². The van der Waals surface area contributed by atoms with E-state index in [2.05, 4.69) is 5.32 Å². The molecule has 0 saturated heterocycles. The van der Waals surface area contributed by atoms with Crippen molar-refractivity contribution in [2.24, 2.45) is 0 Å². The van der Waals surface area contributed by atoms with E-state index in [0.29, 0.717) is 0 Å². The maximum absolute atomic E-state index is 13.6. The summed E-state index contributed by atoms with van der Waals surface area (Å²) in [6.07, 6.45) is 3.47. The van der Waals surface area contributed by atoms with Crippen LogP contribution in [0.25, 0.3) is 0 Å². The minimum atomic E-state index is -0.866. The van der Waals surface area contributed by atoms with Crippen molar-refractivity contribution in [1.82, 2.24) is 5.32 Å². The van der Waals surface area contributed by atoms with E-state index in [9.17, 15) is 14.3 Å². The molecule has 4 nitrogen and oxygen atoms in total. The van der Waals surface area contributed by atoms with Gasteiger partial charge >= 0.3 is 0 Å². The van der Waals surface area contributed by atoms with Gasteiger partial charge < -0.3 is 15.2 Å². The number of hydrogen-bond donors (Lipinski definition) is 2. The third-order valence-electron chi connectivity index (χ3n) is 3.51. The molecule has 0 unspecified atom stereocenters. The first kappa shape index (κ1) is 14.8. The summed E-state index contributed by atoms with van der Waals surface area (Å²) < 4.78 is 18.9. The molecule has 1 aliphatic rings. The topological polar surface area (TPSA) is 58.6 Å². The van der Waals surface area contributed by atoms with Crippen molar-refractivity contribution < 1.29 is 19.0 Å². The van der Waals surface area contributed by atoms with Gasteiger partial charge in [0.25, 0.3) is 5.91 Å². The molecule has 0 heterocycles. The predicted octanol–water partition coefficient (Wildman–Crippen LogP) is 2.32. The standard InChI is InChI=1S/C15H20FNO3/c1-10(18)13-7-6-12(8-14(13)16)20-9-15(19)17-11-4-2-3-5-11/h6-8,10-11,18H,2-5,9H2,1H3,(H,17,19)/t10-/m1/s1. The fourth-order valence-electron chi connectivity index (χ4n) is 2.42. The number of hydrogen-bond acceptors (Lipinski definition) is 3. The maximum Gasteiger partial charge on any atom is 0.258 e. The Hall–Kier alpha value is -1.62. The highest BCUT2D eigenvalue weighted by Gasteiger charge is 2.17. The number of nitrogens with one attached hydrogen (secondary N) is 1. The first-order valence-corrected chi connectivity index (χ1v) is 6.96. The molecule has 1 aromatic carbocycles. The molecule has 1 atom stereocenters. The Morgan fingerprint density at radius 1 is 1.50 bits per heavy atom. The van der Waals surface area contributed by atoms with Crippen LogP contribution in [0.2, 0.25) is 0 Å². The van der Waals surface area contributed by atoms with E-state index in [-0.39, 0.29) is 29.9 Å². The van der Waals surface area contributed by atoms with Crippen LogP contribution in [-0.2, 0) is 4.79 Å². The third-order valence-corrected chi connectivity index (χ3v) is 3.51. The van der Waals surface area contributed by atoms with Crippen LogP contribution in [0.15, 0.2) is 18.2 Å². The zero-order valence-corrected chi connectivity index (χ0v) is 11.6. The Bertz CT molecular complexity index is 470. The van der Waals surface area contributed by atoms with Gasteiger partial charge in [0.05, 0.1) is 6.10 Å². The monoisotopic (exact) mass is 281 g/mol. The highest BCUT2D eigenvalue weighted by Crippen LogP contribution is 2.22. The maximum atomic E-state index is 13.6. The molecule has 1 aromatic rings. The molecule has 1 fully saturated rings. The van der Waals surface area contributed by atoms with E-state index in [4.69, 9.17) is 4.74 Å². The normalized spacial score (nSPS) is 16.9. The Morgan fingerprint density at radius 3 is 2.80 bits per heavy atom. The van der Waals surface area contributed by atoms with Crippen molar-refractivity contribution >= 4 is 5.91 Å². The molecule has 0 bridgehead atoms. The molecule has 20 heavy (non-hydrogen) atoms. The summed E-state index contributed by atoms with van der Waals surface area (Å²) in [5, 5.41) is 12.2. The lowest BCUT2D eigenvalue weighted by Gasteiger charge is -2.13. The zero-order valence-electron chi connectivity index (χ0n) is 11.6. The molecule has 110 valence electrons. The Kier molecular flexibility index (Phi) is 4.95. The highest BCUT2D eigenvalue weighted by atomic mass is 19.1. The molecular formula is C15H20FNO3. The van der Waals surface area contributed by atoms with Crippen molar-refractivity contribution in [3.63, 3.8) is 0 Å². The number of aliphatic hydroxyl groups is 1. The summed E-state index contributed by atoms with van der Waals surface area (Å²) in [5.74, 6) is -0.431. The number of rotatable bonds is 5.